The number of rotatable bonds is 3. The lowest BCUT2D eigenvalue weighted by Crippen LogP contribution is -2.50. The maximum Gasteiger partial charge on any atom is 0.124 e. The van der Waals surface area contributed by atoms with Crippen molar-refractivity contribution in [2.45, 2.75) is 64.0 Å². The first-order valence-electron chi connectivity index (χ1n) is 11.6. The summed E-state index contributed by atoms with van der Waals surface area (Å²) in [5, 5.41) is 21.8. The molecule has 0 saturated heterocycles. The lowest BCUT2D eigenvalue weighted by atomic mass is 9.48. The first kappa shape index (κ1) is 18.6. The fourth-order valence-electron chi connectivity index (χ4n) is 7.58. The molecule has 4 saturated carbocycles. The van der Waals surface area contributed by atoms with E-state index in [-0.39, 0.29) is 11.5 Å². The van der Waals surface area contributed by atoms with E-state index in [4.69, 9.17) is 4.99 Å². The Morgan fingerprint density at radius 1 is 0.967 bits per heavy atom. The lowest BCUT2D eigenvalue weighted by Gasteiger charge is -2.57. The third kappa shape index (κ3) is 2.85. The Morgan fingerprint density at radius 3 is 2.33 bits per heavy atom. The second-order valence-electron chi connectivity index (χ2n) is 10.6. The number of aliphatic hydroxyl groups excluding tert-OH is 1. The van der Waals surface area contributed by atoms with Gasteiger partial charge in [0.1, 0.15) is 11.8 Å². The second-order valence-corrected chi connectivity index (χ2v) is 10.6. The van der Waals surface area contributed by atoms with E-state index in [0.717, 1.165) is 40.2 Å². The molecule has 0 amide bonds. The molecule has 7 rings (SSSR count). The molecule has 0 heterocycles. The number of aryl methyl sites for hydroxylation is 1. The second kappa shape index (κ2) is 6.68. The van der Waals surface area contributed by atoms with Crippen molar-refractivity contribution in [2.24, 2.45) is 28.2 Å². The molecule has 0 aliphatic heterocycles. The minimum absolute atomic E-state index is 0.0529. The van der Waals surface area contributed by atoms with Gasteiger partial charge < -0.3 is 10.2 Å². The van der Waals surface area contributed by atoms with Crippen LogP contribution in [0.25, 0.3) is 0 Å². The number of phenolic OH excluding ortho intramolecular Hbond substituents is 1. The quantitative estimate of drug-likeness (QED) is 0.680. The monoisotopic (exact) mass is 401 g/mol. The van der Waals surface area contributed by atoms with Crippen LogP contribution >= 0.6 is 0 Å². The smallest absolute Gasteiger partial charge is 0.124 e. The third-order valence-corrected chi connectivity index (χ3v) is 8.38. The predicted octanol–water partition coefficient (Wildman–Crippen LogP) is 5.36. The molecule has 30 heavy (non-hydrogen) atoms. The van der Waals surface area contributed by atoms with Crippen molar-refractivity contribution in [3.05, 3.63) is 64.7 Å². The van der Waals surface area contributed by atoms with Gasteiger partial charge in [0, 0.05) is 17.4 Å². The number of phenols is 1. The molecule has 4 bridgehead atoms. The normalized spacial score (nSPS) is 36.9. The molecule has 5 aliphatic carbocycles. The van der Waals surface area contributed by atoms with Crippen molar-refractivity contribution in [3.63, 3.8) is 0 Å². The zero-order chi connectivity index (χ0) is 20.5. The van der Waals surface area contributed by atoms with Crippen LogP contribution in [-0.2, 0) is 6.42 Å². The largest absolute Gasteiger partial charge is 0.507 e. The molecule has 0 aromatic heterocycles. The van der Waals surface area contributed by atoms with E-state index in [0.29, 0.717) is 12.2 Å². The van der Waals surface area contributed by atoms with Crippen molar-refractivity contribution in [1.82, 2.24) is 0 Å². The maximum atomic E-state index is 10.9. The van der Waals surface area contributed by atoms with Gasteiger partial charge >= 0.3 is 0 Å². The average molecular weight is 402 g/mol. The Morgan fingerprint density at radius 2 is 1.63 bits per heavy atom. The van der Waals surface area contributed by atoms with Crippen LogP contribution in [0.3, 0.4) is 0 Å². The van der Waals surface area contributed by atoms with Crippen LogP contribution in [0.4, 0.5) is 0 Å². The van der Waals surface area contributed by atoms with E-state index in [2.05, 4.69) is 25.1 Å². The highest BCUT2D eigenvalue weighted by atomic mass is 16.3. The van der Waals surface area contributed by atoms with Crippen molar-refractivity contribution >= 4 is 5.71 Å². The Labute approximate surface area is 178 Å². The Hall–Kier alpha value is -2.13. The molecular weight excluding hydrogens is 370 g/mol. The molecule has 2 aromatic rings. The fourth-order valence-corrected chi connectivity index (χ4v) is 7.58. The maximum absolute atomic E-state index is 10.9. The first-order valence-corrected chi connectivity index (χ1v) is 11.6. The highest BCUT2D eigenvalue weighted by Crippen LogP contribution is 2.61. The van der Waals surface area contributed by atoms with Crippen molar-refractivity contribution < 1.29 is 10.2 Å². The summed E-state index contributed by atoms with van der Waals surface area (Å²) in [6.07, 6.45) is 7.88. The molecule has 5 aliphatic rings. The number of hydrogen-bond acceptors (Lipinski definition) is 3. The predicted molar refractivity (Wildman–Crippen MR) is 119 cm³/mol. The molecule has 2 aromatic carbocycles. The summed E-state index contributed by atoms with van der Waals surface area (Å²) in [4.78, 5) is 5.37. The van der Waals surface area contributed by atoms with Gasteiger partial charge in [0.05, 0.1) is 11.8 Å². The third-order valence-electron chi connectivity index (χ3n) is 8.38. The van der Waals surface area contributed by atoms with Gasteiger partial charge in [-0.1, -0.05) is 35.9 Å². The van der Waals surface area contributed by atoms with Gasteiger partial charge in [0.2, 0.25) is 0 Å². The van der Waals surface area contributed by atoms with Crippen LogP contribution < -0.4 is 0 Å². The number of hydrogen-bond donors (Lipinski definition) is 2. The molecule has 3 heteroatoms. The van der Waals surface area contributed by atoms with E-state index in [9.17, 15) is 10.2 Å². The number of benzene rings is 2. The van der Waals surface area contributed by atoms with Crippen LogP contribution in [0.15, 0.2) is 47.5 Å². The zero-order valence-electron chi connectivity index (χ0n) is 17.7. The molecule has 2 N–H and O–H groups in total. The van der Waals surface area contributed by atoms with Gasteiger partial charge in [-0.2, -0.15) is 0 Å². The molecule has 2 atom stereocenters. The van der Waals surface area contributed by atoms with E-state index in [1.807, 2.05) is 24.3 Å². The lowest BCUT2D eigenvalue weighted by molar-refractivity contribution is -0.0124. The Kier molecular flexibility index (Phi) is 4.15. The molecule has 4 fully saturated rings. The van der Waals surface area contributed by atoms with Gasteiger partial charge in [0.25, 0.3) is 0 Å². The van der Waals surface area contributed by atoms with E-state index < -0.39 is 6.10 Å². The zero-order valence-corrected chi connectivity index (χ0v) is 17.7. The van der Waals surface area contributed by atoms with Gasteiger partial charge in [-0.3, -0.25) is 4.99 Å². The highest BCUT2D eigenvalue weighted by molar-refractivity contribution is 6.07. The van der Waals surface area contributed by atoms with Crippen LogP contribution in [0.5, 0.6) is 5.75 Å². The summed E-state index contributed by atoms with van der Waals surface area (Å²) in [7, 11) is 0. The van der Waals surface area contributed by atoms with Crippen molar-refractivity contribution in [1.29, 1.82) is 0 Å². The molecule has 156 valence electrons. The molecule has 0 radical (unpaired) electrons. The summed E-state index contributed by atoms with van der Waals surface area (Å²) >= 11 is 0. The summed E-state index contributed by atoms with van der Waals surface area (Å²) in [5.41, 5.74) is 5.53. The Balaban J connectivity index is 1.52. The van der Waals surface area contributed by atoms with Crippen molar-refractivity contribution in [2.75, 3.05) is 0 Å². The van der Waals surface area contributed by atoms with Crippen LogP contribution in [0, 0.1) is 30.1 Å². The number of aliphatic imine (C=N–C) groups is 1. The standard InChI is InChI=1S/C27H31NO2/c1-16-6-7-23(29)22(8-16)26(27-13-17-9-18(14-27)11-19(10-17)15-27)28-25-21-5-3-2-4-20(21)12-24(25)30/h2-8,17-19,24-25,29-30H,9-15H2,1H3/t17?,18?,19?,24?,25-,27?/m0/s1. The number of fused-ring (bicyclic) bond motifs is 1. The minimum atomic E-state index is -0.488. The summed E-state index contributed by atoms with van der Waals surface area (Å²) in [6.45, 7) is 2.08. The van der Waals surface area contributed by atoms with Crippen LogP contribution in [0.1, 0.15) is 66.8 Å². The van der Waals surface area contributed by atoms with Gasteiger partial charge in [-0.05, 0) is 86.5 Å². The first-order chi connectivity index (χ1) is 14.5. The Bertz CT molecular complexity index is 988. The van der Waals surface area contributed by atoms with Gasteiger partial charge in [-0.25, -0.2) is 0 Å². The van der Waals surface area contributed by atoms with Gasteiger partial charge in [-0.15, -0.1) is 0 Å². The average Bonchev–Trinajstić information content (AvgIpc) is 3.02. The van der Waals surface area contributed by atoms with Crippen LogP contribution in [0.2, 0.25) is 0 Å². The molecule has 0 spiro atoms. The fraction of sp³-hybridized carbons (Fsp3) is 0.519. The summed E-state index contributed by atoms with van der Waals surface area (Å²) in [5.74, 6) is 2.73. The molecule has 1 unspecified atom stereocenters. The van der Waals surface area contributed by atoms with E-state index in [1.54, 1.807) is 0 Å². The van der Waals surface area contributed by atoms with E-state index in [1.165, 1.54) is 44.1 Å². The number of aromatic hydroxyl groups is 1. The van der Waals surface area contributed by atoms with Crippen LogP contribution in [-0.4, -0.2) is 22.0 Å². The molecule has 3 nitrogen and oxygen atoms in total. The SMILES string of the molecule is Cc1ccc(O)c(C(=N[C@H]2c3ccccc3CC2O)C23CC4CC(CC(C4)C2)C3)c1. The summed E-state index contributed by atoms with van der Waals surface area (Å²) < 4.78 is 0. The number of aliphatic hydroxyl groups is 1. The topological polar surface area (TPSA) is 52.8 Å². The van der Waals surface area contributed by atoms with Gasteiger partial charge in [0.15, 0.2) is 0 Å². The summed E-state index contributed by atoms with van der Waals surface area (Å²) in [6, 6.07) is 14.0. The minimum Gasteiger partial charge on any atom is -0.507 e. The number of nitrogens with zero attached hydrogens (tertiary/aromatic N) is 1. The molecular formula is C27H31NO2. The van der Waals surface area contributed by atoms with E-state index >= 15 is 0 Å². The highest BCUT2D eigenvalue weighted by Gasteiger charge is 2.54. The van der Waals surface area contributed by atoms with Crippen molar-refractivity contribution in [3.8, 4) is 5.75 Å².